The van der Waals surface area contributed by atoms with E-state index in [1.54, 1.807) is 0 Å². The van der Waals surface area contributed by atoms with Gasteiger partial charge in [-0.15, -0.1) is 0 Å². The van der Waals surface area contributed by atoms with Crippen molar-refractivity contribution >= 4 is 27.8 Å². The largest absolute Gasteiger partial charge is 0.495 e. The zero-order valence-corrected chi connectivity index (χ0v) is 20.6. The van der Waals surface area contributed by atoms with Gasteiger partial charge in [0, 0.05) is 18.6 Å². The SMILES string of the molecule is COc1ccc(C(=O)OCC(=O)N(C)CC(=O)NC(C)(C)C)cc1S(=O)(=O)NC1CCCC1. The van der Waals surface area contributed by atoms with Crippen LogP contribution in [0.5, 0.6) is 5.75 Å². The van der Waals surface area contributed by atoms with Gasteiger partial charge in [0.2, 0.25) is 15.9 Å². The second-order valence-corrected chi connectivity index (χ2v) is 10.8. The molecule has 0 radical (unpaired) electrons. The molecule has 11 heteroatoms. The van der Waals surface area contributed by atoms with Crippen LogP contribution in [0.4, 0.5) is 0 Å². The normalized spacial score (nSPS) is 14.6. The topological polar surface area (TPSA) is 131 Å². The summed E-state index contributed by atoms with van der Waals surface area (Å²) in [5, 5.41) is 2.74. The second-order valence-electron chi connectivity index (χ2n) is 9.09. The molecule has 1 aliphatic carbocycles. The molecule has 0 unspecified atom stereocenters. The molecule has 184 valence electrons. The van der Waals surface area contributed by atoms with Crippen molar-refractivity contribution in [2.75, 3.05) is 27.3 Å². The molecule has 2 N–H and O–H groups in total. The van der Waals surface area contributed by atoms with E-state index in [9.17, 15) is 22.8 Å². The van der Waals surface area contributed by atoms with Gasteiger partial charge in [-0.25, -0.2) is 17.9 Å². The lowest BCUT2D eigenvalue weighted by atomic mass is 10.1. The number of carbonyl (C=O) groups is 3. The van der Waals surface area contributed by atoms with Crippen LogP contribution in [-0.2, 0) is 24.3 Å². The van der Waals surface area contributed by atoms with Crippen molar-refractivity contribution in [3.8, 4) is 5.75 Å². The second kappa shape index (κ2) is 11.0. The number of hydrogen-bond acceptors (Lipinski definition) is 7. The minimum Gasteiger partial charge on any atom is -0.495 e. The maximum atomic E-state index is 12.9. The van der Waals surface area contributed by atoms with Crippen LogP contribution in [0.25, 0.3) is 0 Å². The summed E-state index contributed by atoms with van der Waals surface area (Å²) in [4.78, 5) is 37.7. The molecule has 0 heterocycles. The highest BCUT2D eigenvalue weighted by Gasteiger charge is 2.27. The highest BCUT2D eigenvalue weighted by Crippen LogP contribution is 2.27. The van der Waals surface area contributed by atoms with Gasteiger partial charge < -0.3 is 19.7 Å². The summed E-state index contributed by atoms with van der Waals surface area (Å²) in [7, 11) is -1.16. The highest BCUT2D eigenvalue weighted by molar-refractivity contribution is 7.89. The van der Waals surface area contributed by atoms with Gasteiger partial charge >= 0.3 is 5.97 Å². The van der Waals surface area contributed by atoms with Gasteiger partial charge in [-0.1, -0.05) is 12.8 Å². The molecule has 10 nitrogen and oxygen atoms in total. The quantitative estimate of drug-likeness (QED) is 0.508. The third-order valence-electron chi connectivity index (χ3n) is 5.01. The van der Waals surface area contributed by atoms with Crippen LogP contribution in [0, 0.1) is 0 Å². The van der Waals surface area contributed by atoms with Crippen molar-refractivity contribution in [1.82, 2.24) is 14.9 Å². The number of ether oxygens (including phenoxy) is 2. The fourth-order valence-electron chi connectivity index (χ4n) is 3.42. The summed E-state index contributed by atoms with van der Waals surface area (Å²) in [6.07, 6.45) is 3.42. The van der Waals surface area contributed by atoms with Crippen LogP contribution in [0.3, 0.4) is 0 Å². The molecule has 2 amide bonds. The molecular formula is C22H33N3O7S. The molecule has 1 aromatic carbocycles. The van der Waals surface area contributed by atoms with Crippen LogP contribution in [0.15, 0.2) is 23.1 Å². The Morgan fingerprint density at radius 1 is 1.15 bits per heavy atom. The van der Waals surface area contributed by atoms with Crippen molar-refractivity contribution in [3.63, 3.8) is 0 Å². The van der Waals surface area contributed by atoms with Crippen LogP contribution >= 0.6 is 0 Å². The van der Waals surface area contributed by atoms with E-state index in [0.717, 1.165) is 30.6 Å². The summed E-state index contributed by atoms with van der Waals surface area (Å²) in [5.74, 6) is -1.69. The Balaban J connectivity index is 2.03. The Hall–Kier alpha value is -2.66. The van der Waals surface area contributed by atoms with Gasteiger partial charge in [-0.3, -0.25) is 9.59 Å². The fraction of sp³-hybridized carbons (Fsp3) is 0.591. The molecule has 1 saturated carbocycles. The predicted molar refractivity (Wildman–Crippen MR) is 121 cm³/mol. The average Bonchev–Trinajstić information content (AvgIpc) is 3.21. The third-order valence-corrected chi connectivity index (χ3v) is 6.56. The van der Waals surface area contributed by atoms with Gasteiger partial charge in [0.15, 0.2) is 6.61 Å². The summed E-state index contributed by atoms with van der Waals surface area (Å²) in [5.41, 5.74) is -0.476. The first-order valence-corrected chi connectivity index (χ1v) is 12.2. The lowest BCUT2D eigenvalue weighted by molar-refractivity contribution is -0.137. The molecule has 0 atom stereocenters. The molecule has 2 rings (SSSR count). The Labute approximate surface area is 195 Å². The van der Waals surface area contributed by atoms with Gasteiger partial charge in [0.25, 0.3) is 5.91 Å². The predicted octanol–water partition coefficient (Wildman–Crippen LogP) is 1.45. The Morgan fingerprint density at radius 2 is 1.79 bits per heavy atom. The van der Waals surface area contributed by atoms with E-state index in [-0.39, 0.29) is 34.7 Å². The third kappa shape index (κ3) is 8.01. The number of esters is 1. The van der Waals surface area contributed by atoms with E-state index in [1.165, 1.54) is 32.4 Å². The molecule has 33 heavy (non-hydrogen) atoms. The Morgan fingerprint density at radius 3 is 2.36 bits per heavy atom. The maximum absolute atomic E-state index is 12.9. The number of carbonyl (C=O) groups excluding carboxylic acids is 3. The number of sulfonamides is 1. The van der Waals surface area contributed by atoms with Crippen LogP contribution in [0.1, 0.15) is 56.8 Å². The van der Waals surface area contributed by atoms with Crippen LogP contribution < -0.4 is 14.8 Å². The monoisotopic (exact) mass is 483 g/mol. The maximum Gasteiger partial charge on any atom is 0.338 e. The minimum absolute atomic E-state index is 0.0384. The zero-order valence-electron chi connectivity index (χ0n) is 19.8. The standard InChI is InChI=1S/C22H33N3O7S/c1-22(2,3)23-19(26)13-25(4)20(27)14-32-21(28)15-10-11-17(31-5)18(12-15)33(29,30)24-16-8-6-7-9-16/h10-12,16,24H,6-9,13-14H2,1-5H3,(H,23,26). The van der Waals surface area contributed by atoms with E-state index >= 15 is 0 Å². The summed E-state index contributed by atoms with van der Waals surface area (Å²) in [6, 6.07) is 3.74. The van der Waals surface area contributed by atoms with Crippen LogP contribution in [-0.4, -0.2) is 70.0 Å². The molecular weight excluding hydrogens is 450 g/mol. The zero-order chi connectivity index (χ0) is 24.8. The van der Waals surface area contributed by atoms with E-state index in [2.05, 4.69) is 10.0 Å². The molecule has 0 bridgehead atoms. The Bertz CT molecular complexity index is 980. The fourth-order valence-corrected chi connectivity index (χ4v) is 4.92. The molecule has 0 aliphatic heterocycles. The summed E-state index contributed by atoms with van der Waals surface area (Å²) >= 11 is 0. The number of amides is 2. The number of nitrogens with one attached hydrogen (secondary N) is 2. The summed E-state index contributed by atoms with van der Waals surface area (Å²) in [6.45, 7) is 4.68. The first-order valence-electron chi connectivity index (χ1n) is 10.7. The van der Waals surface area contributed by atoms with Crippen molar-refractivity contribution in [3.05, 3.63) is 23.8 Å². The van der Waals surface area contributed by atoms with Crippen LogP contribution in [0.2, 0.25) is 0 Å². The van der Waals surface area contributed by atoms with E-state index < -0.39 is 34.0 Å². The number of hydrogen-bond donors (Lipinski definition) is 2. The number of nitrogens with zero attached hydrogens (tertiary/aromatic N) is 1. The molecule has 1 aromatic rings. The summed E-state index contributed by atoms with van der Waals surface area (Å²) < 4.78 is 38.6. The average molecular weight is 484 g/mol. The smallest absolute Gasteiger partial charge is 0.338 e. The van der Waals surface area contributed by atoms with Gasteiger partial charge in [0.05, 0.1) is 19.2 Å². The Kier molecular flexibility index (Phi) is 8.84. The van der Waals surface area contributed by atoms with Gasteiger partial charge in [0.1, 0.15) is 10.6 Å². The van der Waals surface area contributed by atoms with E-state index in [0.29, 0.717) is 0 Å². The molecule has 1 fully saturated rings. The van der Waals surface area contributed by atoms with Gasteiger partial charge in [-0.05, 0) is 51.8 Å². The number of methoxy groups -OCH3 is 1. The van der Waals surface area contributed by atoms with Crippen molar-refractivity contribution in [2.45, 2.75) is 62.9 Å². The van der Waals surface area contributed by atoms with E-state index in [4.69, 9.17) is 9.47 Å². The number of rotatable bonds is 9. The van der Waals surface area contributed by atoms with Gasteiger partial charge in [-0.2, -0.15) is 0 Å². The van der Waals surface area contributed by atoms with Crippen molar-refractivity contribution in [1.29, 1.82) is 0 Å². The number of likely N-dealkylation sites (N-methyl/N-ethyl adjacent to an activating group) is 1. The first-order chi connectivity index (χ1) is 15.3. The molecule has 0 spiro atoms. The first kappa shape index (κ1) is 26.6. The van der Waals surface area contributed by atoms with Crippen molar-refractivity contribution < 1.29 is 32.3 Å². The molecule has 0 aromatic heterocycles. The lowest BCUT2D eigenvalue weighted by Gasteiger charge is -2.23. The molecule has 0 saturated heterocycles. The highest BCUT2D eigenvalue weighted by atomic mass is 32.2. The van der Waals surface area contributed by atoms with Crippen molar-refractivity contribution in [2.24, 2.45) is 0 Å². The minimum atomic E-state index is -3.92. The molecule has 1 aliphatic rings. The number of benzene rings is 1. The van der Waals surface area contributed by atoms with E-state index in [1.807, 2.05) is 20.8 Å². The lowest BCUT2D eigenvalue weighted by Crippen LogP contribution is -2.46.